The fourth-order valence-corrected chi connectivity index (χ4v) is 3.10. The second kappa shape index (κ2) is 9.56. The number of anilines is 2. The van der Waals surface area contributed by atoms with E-state index < -0.39 is 11.0 Å². The lowest BCUT2D eigenvalue weighted by molar-refractivity contribution is -0.383. The largest absolute Gasteiger partial charge is 0.488 e. The Morgan fingerprint density at radius 3 is 2.55 bits per heavy atom. The van der Waals surface area contributed by atoms with Gasteiger partial charge in [0.15, 0.2) is 0 Å². The number of carbonyl (C=O) groups is 1. The zero-order valence-corrected chi connectivity index (χ0v) is 17.2. The molecule has 3 N–H and O–H groups in total. The fourth-order valence-electron chi connectivity index (χ4n) is 3.10. The maximum absolute atomic E-state index is 11.3. The quantitative estimate of drug-likeness (QED) is 0.303. The number of ether oxygens (including phenoxy) is 2. The summed E-state index contributed by atoms with van der Waals surface area (Å²) in [5, 5.41) is 15.5. The minimum Gasteiger partial charge on any atom is -0.488 e. The van der Waals surface area contributed by atoms with Crippen molar-refractivity contribution in [1.29, 1.82) is 0 Å². The van der Waals surface area contributed by atoms with Crippen molar-refractivity contribution in [3.63, 3.8) is 0 Å². The summed E-state index contributed by atoms with van der Waals surface area (Å²) in [6.45, 7) is 0.166. The van der Waals surface area contributed by atoms with Crippen LogP contribution in [0.3, 0.4) is 0 Å². The van der Waals surface area contributed by atoms with Gasteiger partial charge < -0.3 is 20.5 Å². The smallest absolute Gasteiger partial charge is 0.404 e. The predicted molar refractivity (Wildman–Crippen MR) is 119 cm³/mol. The number of primary amides is 1. The number of benzene rings is 2. The number of nitro groups is 1. The van der Waals surface area contributed by atoms with Crippen LogP contribution in [0.25, 0.3) is 10.8 Å². The van der Waals surface area contributed by atoms with Crippen LogP contribution in [0.4, 0.5) is 22.1 Å². The lowest BCUT2D eigenvalue weighted by atomic mass is 10.1. The third-order valence-electron chi connectivity index (χ3n) is 4.60. The molecule has 0 atom stereocenters. The van der Waals surface area contributed by atoms with Gasteiger partial charge in [0.1, 0.15) is 30.6 Å². The van der Waals surface area contributed by atoms with Gasteiger partial charge in [0.25, 0.3) is 5.69 Å². The summed E-state index contributed by atoms with van der Waals surface area (Å²) < 4.78 is 10.6. The molecule has 2 heterocycles. The molecule has 33 heavy (non-hydrogen) atoms. The van der Waals surface area contributed by atoms with Crippen LogP contribution in [0.1, 0.15) is 11.3 Å². The summed E-state index contributed by atoms with van der Waals surface area (Å²) in [4.78, 5) is 34.1. The number of nitrogens with one attached hydrogen (secondary N) is 1. The van der Waals surface area contributed by atoms with Gasteiger partial charge in [0, 0.05) is 17.6 Å². The molecule has 0 saturated carbocycles. The summed E-state index contributed by atoms with van der Waals surface area (Å²) >= 11 is 0. The molecule has 0 unspecified atom stereocenters. The molecular formula is C22H18N6O5. The number of nitrogens with zero attached hydrogens (tertiary/aromatic N) is 4. The average molecular weight is 446 g/mol. The number of amides is 1. The molecule has 2 aromatic heterocycles. The highest BCUT2D eigenvalue weighted by atomic mass is 16.6. The molecule has 0 saturated heterocycles. The molecule has 0 aliphatic carbocycles. The molecule has 2 aromatic carbocycles. The van der Waals surface area contributed by atoms with E-state index in [4.69, 9.17) is 10.5 Å². The molecule has 0 spiro atoms. The van der Waals surface area contributed by atoms with Crippen LogP contribution in [0.5, 0.6) is 5.75 Å². The van der Waals surface area contributed by atoms with Gasteiger partial charge in [-0.25, -0.2) is 14.8 Å². The van der Waals surface area contributed by atoms with Gasteiger partial charge in [-0.05, 0) is 29.8 Å². The Bertz CT molecular complexity index is 1310. The molecule has 0 radical (unpaired) electrons. The number of fused-ring (bicyclic) bond motifs is 1. The molecule has 0 fully saturated rings. The van der Waals surface area contributed by atoms with Crippen LogP contribution in [-0.4, -0.2) is 26.0 Å². The molecule has 0 aliphatic rings. The van der Waals surface area contributed by atoms with Gasteiger partial charge in [-0.2, -0.15) is 0 Å². The SMILES string of the molecule is NC(=O)OCc1cnc(Nc2cc(COc3ccc([N+](=O)[O-])c4ccccc34)ccn2)cn1. The Balaban J connectivity index is 1.44. The van der Waals surface area contributed by atoms with Crippen LogP contribution in [0.2, 0.25) is 0 Å². The van der Waals surface area contributed by atoms with Gasteiger partial charge in [0.05, 0.1) is 28.4 Å². The van der Waals surface area contributed by atoms with Crippen molar-refractivity contribution in [1.82, 2.24) is 15.0 Å². The lowest BCUT2D eigenvalue weighted by Crippen LogP contribution is -2.13. The maximum Gasteiger partial charge on any atom is 0.404 e. The van der Waals surface area contributed by atoms with E-state index >= 15 is 0 Å². The minimum absolute atomic E-state index is 0.0293. The Morgan fingerprint density at radius 2 is 1.82 bits per heavy atom. The predicted octanol–water partition coefficient (Wildman–Crippen LogP) is 3.85. The third kappa shape index (κ3) is 5.28. The number of hydrogen-bond acceptors (Lipinski definition) is 9. The summed E-state index contributed by atoms with van der Waals surface area (Å²) in [6.07, 6.45) is 3.67. The van der Waals surface area contributed by atoms with E-state index in [0.717, 1.165) is 5.56 Å². The third-order valence-corrected chi connectivity index (χ3v) is 4.60. The van der Waals surface area contributed by atoms with Gasteiger partial charge in [0.2, 0.25) is 0 Å². The number of aromatic nitrogens is 3. The minimum atomic E-state index is -0.885. The van der Waals surface area contributed by atoms with E-state index in [0.29, 0.717) is 33.9 Å². The van der Waals surface area contributed by atoms with Crippen LogP contribution in [0.15, 0.2) is 67.1 Å². The van der Waals surface area contributed by atoms with Crippen molar-refractivity contribution in [2.45, 2.75) is 13.2 Å². The Morgan fingerprint density at radius 1 is 1.00 bits per heavy atom. The second-order valence-electron chi connectivity index (χ2n) is 6.85. The van der Waals surface area contributed by atoms with Gasteiger partial charge in [-0.15, -0.1) is 0 Å². The molecule has 0 bridgehead atoms. The number of nitrogens with two attached hydrogens (primary N) is 1. The topological polar surface area (TPSA) is 155 Å². The maximum atomic E-state index is 11.3. The fraction of sp³-hybridized carbons (Fsp3) is 0.0909. The van der Waals surface area contributed by atoms with E-state index in [9.17, 15) is 14.9 Å². The number of pyridine rings is 1. The average Bonchev–Trinajstić information content (AvgIpc) is 2.82. The van der Waals surface area contributed by atoms with Crippen molar-refractivity contribution in [2.75, 3.05) is 5.32 Å². The Labute approximate surface area is 187 Å². The van der Waals surface area contributed by atoms with E-state index in [1.165, 1.54) is 18.5 Å². The van der Waals surface area contributed by atoms with E-state index in [-0.39, 0.29) is 18.9 Å². The summed E-state index contributed by atoms with van der Waals surface area (Å²) in [5.74, 6) is 1.52. The molecule has 4 aromatic rings. The standard InChI is InChI=1S/C22H18N6O5/c23-22(29)33-13-15-10-26-21(11-25-15)27-20-9-14(7-8-24-20)12-32-19-6-5-18(28(30)31)16-3-1-2-4-17(16)19/h1-11H,12-13H2,(H2,23,29)(H,24,26,27). The van der Waals surface area contributed by atoms with Gasteiger partial charge in [-0.1, -0.05) is 18.2 Å². The zero-order valence-electron chi connectivity index (χ0n) is 17.2. The molecule has 11 heteroatoms. The first kappa shape index (κ1) is 21.4. The van der Waals surface area contributed by atoms with Crippen molar-refractivity contribution in [3.05, 3.63) is 88.5 Å². The molecule has 11 nitrogen and oxygen atoms in total. The Hall–Kier alpha value is -4.80. The number of hydrogen-bond donors (Lipinski definition) is 2. The van der Waals surface area contributed by atoms with Crippen molar-refractivity contribution >= 4 is 34.2 Å². The summed E-state index contributed by atoms with van der Waals surface area (Å²) in [7, 11) is 0. The highest BCUT2D eigenvalue weighted by Crippen LogP contribution is 2.33. The van der Waals surface area contributed by atoms with Crippen molar-refractivity contribution in [2.24, 2.45) is 5.73 Å². The monoisotopic (exact) mass is 446 g/mol. The molecule has 166 valence electrons. The van der Waals surface area contributed by atoms with Crippen LogP contribution in [0, 0.1) is 10.1 Å². The van der Waals surface area contributed by atoms with Crippen molar-refractivity contribution < 1.29 is 19.2 Å². The van der Waals surface area contributed by atoms with Crippen LogP contribution in [-0.2, 0) is 18.0 Å². The normalized spacial score (nSPS) is 10.5. The molecule has 0 aliphatic heterocycles. The van der Waals surface area contributed by atoms with E-state index in [1.807, 2.05) is 0 Å². The zero-order chi connectivity index (χ0) is 23.2. The van der Waals surface area contributed by atoms with Crippen LogP contribution < -0.4 is 15.8 Å². The number of non-ortho nitro benzene ring substituents is 1. The van der Waals surface area contributed by atoms with Crippen LogP contribution >= 0.6 is 0 Å². The van der Waals surface area contributed by atoms with E-state index in [1.54, 1.807) is 48.7 Å². The Kier molecular flexibility index (Phi) is 6.21. The molecule has 4 rings (SSSR count). The molecular weight excluding hydrogens is 428 g/mol. The highest BCUT2D eigenvalue weighted by Gasteiger charge is 2.14. The second-order valence-corrected chi connectivity index (χ2v) is 6.85. The first-order valence-electron chi connectivity index (χ1n) is 9.73. The first-order valence-corrected chi connectivity index (χ1v) is 9.73. The van der Waals surface area contributed by atoms with E-state index in [2.05, 4.69) is 25.0 Å². The van der Waals surface area contributed by atoms with Gasteiger partial charge >= 0.3 is 6.09 Å². The lowest BCUT2D eigenvalue weighted by Gasteiger charge is -2.11. The number of rotatable bonds is 8. The first-order chi connectivity index (χ1) is 16.0. The number of nitro benzene ring substituents is 1. The van der Waals surface area contributed by atoms with Crippen molar-refractivity contribution in [3.8, 4) is 5.75 Å². The molecule has 1 amide bonds. The number of carbonyl (C=O) groups excluding carboxylic acids is 1. The summed E-state index contributed by atoms with van der Waals surface area (Å²) in [5.41, 5.74) is 6.23. The van der Waals surface area contributed by atoms with Gasteiger partial charge in [-0.3, -0.25) is 15.1 Å². The summed E-state index contributed by atoms with van der Waals surface area (Å²) in [6, 6.07) is 13.7. The highest BCUT2D eigenvalue weighted by molar-refractivity contribution is 5.95.